The van der Waals surface area contributed by atoms with Crippen LogP contribution in [0.25, 0.3) is 0 Å². The molecule has 0 aliphatic carbocycles. The van der Waals surface area contributed by atoms with Crippen molar-refractivity contribution in [2.75, 3.05) is 0 Å². The third-order valence-electron chi connectivity index (χ3n) is 7.59. The van der Waals surface area contributed by atoms with Crippen LogP contribution in [0.5, 0.6) is 0 Å². The SMILES string of the molecule is CCC(c1cccc(C(=O)N2Cc3cncnc3C2)c1)N1C(=N)NC(c2ccccc2)(c2ccccc2)C1=O. The highest BCUT2D eigenvalue weighted by atomic mass is 16.2. The maximum absolute atomic E-state index is 14.4. The molecule has 0 spiro atoms. The van der Waals surface area contributed by atoms with E-state index < -0.39 is 11.6 Å². The Morgan fingerprint density at radius 2 is 1.69 bits per heavy atom. The molecule has 2 N–H and O–H groups in total. The first kappa shape index (κ1) is 24.5. The number of hydrogen-bond donors (Lipinski definition) is 2. The van der Waals surface area contributed by atoms with Gasteiger partial charge in [-0.25, -0.2) is 9.97 Å². The molecular formula is C31H28N6O2. The summed E-state index contributed by atoms with van der Waals surface area (Å²) < 4.78 is 0. The smallest absolute Gasteiger partial charge is 0.265 e. The highest BCUT2D eigenvalue weighted by Crippen LogP contribution is 2.40. The minimum Gasteiger partial charge on any atom is -0.334 e. The van der Waals surface area contributed by atoms with Crippen molar-refractivity contribution in [3.8, 4) is 0 Å². The quantitative estimate of drug-likeness (QED) is 0.396. The Morgan fingerprint density at radius 3 is 2.33 bits per heavy atom. The van der Waals surface area contributed by atoms with Crippen molar-refractivity contribution in [3.05, 3.63) is 131 Å². The van der Waals surface area contributed by atoms with E-state index in [-0.39, 0.29) is 17.8 Å². The third-order valence-corrected chi connectivity index (χ3v) is 7.59. The topological polar surface area (TPSA) is 102 Å². The minimum atomic E-state index is -1.22. The van der Waals surface area contributed by atoms with Crippen molar-refractivity contribution in [3.63, 3.8) is 0 Å². The van der Waals surface area contributed by atoms with Gasteiger partial charge < -0.3 is 10.2 Å². The van der Waals surface area contributed by atoms with Crippen LogP contribution in [0.2, 0.25) is 0 Å². The number of benzene rings is 3. The van der Waals surface area contributed by atoms with Crippen LogP contribution in [0.15, 0.2) is 97.5 Å². The number of hydrogen-bond acceptors (Lipinski definition) is 5. The van der Waals surface area contributed by atoms with Crippen LogP contribution in [-0.4, -0.2) is 37.5 Å². The van der Waals surface area contributed by atoms with Crippen LogP contribution in [0.1, 0.15) is 57.7 Å². The lowest BCUT2D eigenvalue weighted by Gasteiger charge is -2.30. The number of fused-ring (bicyclic) bond motifs is 1. The second kappa shape index (κ2) is 9.79. The fraction of sp³-hybridized carbons (Fsp3) is 0.194. The fourth-order valence-corrected chi connectivity index (χ4v) is 5.68. The first-order chi connectivity index (χ1) is 19.0. The van der Waals surface area contributed by atoms with Crippen LogP contribution in [0.3, 0.4) is 0 Å². The summed E-state index contributed by atoms with van der Waals surface area (Å²) in [6, 6.07) is 26.0. The summed E-state index contributed by atoms with van der Waals surface area (Å²) in [4.78, 5) is 39.5. The van der Waals surface area contributed by atoms with Gasteiger partial charge in [0.2, 0.25) is 0 Å². The molecular weight excluding hydrogens is 488 g/mol. The van der Waals surface area contributed by atoms with Crippen LogP contribution >= 0.6 is 0 Å². The van der Waals surface area contributed by atoms with Crippen molar-refractivity contribution in [2.45, 2.75) is 38.0 Å². The molecule has 6 rings (SSSR count). The van der Waals surface area contributed by atoms with Crippen molar-refractivity contribution in [1.82, 2.24) is 25.1 Å². The predicted octanol–water partition coefficient (Wildman–Crippen LogP) is 4.39. The lowest BCUT2D eigenvalue weighted by atomic mass is 9.82. The molecule has 0 radical (unpaired) electrons. The Morgan fingerprint density at radius 1 is 1.00 bits per heavy atom. The Bertz CT molecular complexity index is 1490. The monoisotopic (exact) mass is 516 g/mol. The number of nitrogens with one attached hydrogen (secondary N) is 2. The maximum Gasteiger partial charge on any atom is 0.265 e. The molecule has 3 aromatic carbocycles. The molecule has 2 aliphatic rings. The highest BCUT2D eigenvalue weighted by molar-refractivity contribution is 6.10. The lowest BCUT2D eigenvalue weighted by molar-refractivity contribution is -0.131. The van der Waals surface area contributed by atoms with E-state index >= 15 is 0 Å². The van der Waals surface area contributed by atoms with Gasteiger partial charge in [-0.2, -0.15) is 0 Å². The van der Waals surface area contributed by atoms with Gasteiger partial charge in [0, 0.05) is 23.9 Å². The summed E-state index contributed by atoms with van der Waals surface area (Å²) in [6.45, 7) is 2.89. The van der Waals surface area contributed by atoms with E-state index in [4.69, 9.17) is 5.41 Å². The van der Waals surface area contributed by atoms with E-state index in [9.17, 15) is 9.59 Å². The van der Waals surface area contributed by atoms with Gasteiger partial charge >= 0.3 is 0 Å². The average Bonchev–Trinajstić information content (AvgIpc) is 3.54. The van der Waals surface area contributed by atoms with Crippen molar-refractivity contribution < 1.29 is 9.59 Å². The number of carbonyl (C=O) groups excluding carboxylic acids is 2. The van der Waals surface area contributed by atoms with Gasteiger partial charge in [0.1, 0.15) is 6.33 Å². The Kier molecular flexibility index (Phi) is 6.15. The van der Waals surface area contributed by atoms with E-state index in [1.54, 1.807) is 17.2 Å². The standard InChI is InChI=1S/C31H28N6O2/c1-2-27(21-10-9-11-22(16-21)28(38)36-18-23-17-33-20-34-26(23)19-36)37-29(39)31(35-30(37)32,24-12-5-3-6-13-24)25-14-7-4-8-15-25/h3-17,20,27H,2,18-19H2,1H3,(H2,32,35). The van der Waals surface area contributed by atoms with E-state index in [1.807, 2.05) is 85.8 Å². The third kappa shape index (κ3) is 4.05. The molecule has 1 fully saturated rings. The Balaban J connectivity index is 1.34. The summed E-state index contributed by atoms with van der Waals surface area (Å²) >= 11 is 0. The van der Waals surface area contributed by atoms with Crippen LogP contribution in [0.4, 0.5) is 0 Å². The number of nitrogens with zero attached hydrogens (tertiary/aromatic N) is 4. The van der Waals surface area contributed by atoms with Crippen molar-refractivity contribution >= 4 is 17.8 Å². The van der Waals surface area contributed by atoms with Crippen molar-refractivity contribution in [2.24, 2.45) is 0 Å². The Hall–Kier alpha value is -4.85. The minimum absolute atomic E-state index is 0.0323. The summed E-state index contributed by atoms with van der Waals surface area (Å²) in [5.74, 6) is -0.291. The van der Waals surface area contributed by atoms with Gasteiger partial charge in [-0.1, -0.05) is 79.7 Å². The summed E-state index contributed by atoms with van der Waals surface area (Å²) in [5.41, 5.74) is 3.47. The number of aromatic nitrogens is 2. The molecule has 0 saturated carbocycles. The normalized spacial score (nSPS) is 16.6. The van der Waals surface area contributed by atoms with E-state index in [0.29, 0.717) is 25.1 Å². The van der Waals surface area contributed by atoms with Gasteiger partial charge in [0.15, 0.2) is 11.5 Å². The zero-order chi connectivity index (χ0) is 27.0. The van der Waals surface area contributed by atoms with Crippen LogP contribution in [-0.2, 0) is 23.4 Å². The van der Waals surface area contributed by atoms with Crippen molar-refractivity contribution in [1.29, 1.82) is 5.41 Å². The van der Waals surface area contributed by atoms with Crippen LogP contribution in [0, 0.1) is 5.41 Å². The molecule has 1 saturated heterocycles. The lowest BCUT2D eigenvalue weighted by Crippen LogP contribution is -2.45. The van der Waals surface area contributed by atoms with Gasteiger partial charge in [-0.3, -0.25) is 19.9 Å². The second-order valence-corrected chi connectivity index (χ2v) is 9.84. The first-order valence-corrected chi connectivity index (χ1v) is 13.0. The molecule has 1 atom stereocenters. The number of rotatable bonds is 6. The zero-order valence-electron chi connectivity index (χ0n) is 21.5. The van der Waals surface area contributed by atoms with Gasteiger partial charge in [0.05, 0.1) is 18.3 Å². The largest absolute Gasteiger partial charge is 0.334 e. The van der Waals surface area contributed by atoms with E-state index in [0.717, 1.165) is 27.9 Å². The summed E-state index contributed by atoms with van der Waals surface area (Å²) in [6.07, 6.45) is 3.82. The zero-order valence-corrected chi connectivity index (χ0v) is 21.5. The maximum atomic E-state index is 14.4. The number of carbonyl (C=O) groups is 2. The number of amides is 2. The number of guanidine groups is 1. The molecule has 8 nitrogen and oxygen atoms in total. The predicted molar refractivity (Wildman–Crippen MR) is 146 cm³/mol. The highest BCUT2D eigenvalue weighted by Gasteiger charge is 2.53. The van der Waals surface area contributed by atoms with Gasteiger partial charge in [-0.05, 0) is 35.2 Å². The second-order valence-electron chi connectivity index (χ2n) is 9.84. The summed E-state index contributed by atoms with van der Waals surface area (Å²) in [7, 11) is 0. The van der Waals surface area contributed by atoms with E-state index in [1.165, 1.54) is 11.2 Å². The molecule has 194 valence electrons. The van der Waals surface area contributed by atoms with Crippen LogP contribution < -0.4 is 5.32 Å². The average molecular weight is 517 g/mol. The van der Waals surface area contributed by atoms with Gasteiger partial charge in [-0.15, -0.1) is 0 Å². The molecule has 1 aromatic heterocycles. The molecule has 3 heterocycles. The van der Waals surface area contributed by atoms with E-state index in [2.05, 4.69) is 15.3 Å². The molecule has 1 unspecified atom stereocenters. The molecule has 4 aromatic rings. The molecule has 0 bridgehead atoms. The summed E-state index contributed by atoms with van der Waals surface area (Å²) in [5, 5.41) is 12.2. The first-order valence-electron chi connectivity index (χ1n) is 13.0. The fourth-order valence-electron chi connectivity index (χ4n) is 5.68. The Labute approximate surface area is 226 Å². The molecule has 2 amide bonds. The molecule has 2 aliphatic heterocycles. The molecule has 39 heavy (non-hydrogen) atoms. The molecule has 8 heteroatoms. The van der Waals surface area contributed by atoms with Gasteiger partial charge in [0.25, 0.3) is 11.8 Å².